The highest BCUT2D eigenvalue weighted by atomic mass is 19.1. The van der Waals surface area contributed by atoms with Crippen molar-refractivity contribution in [3.8, 4) is 12.3 Å². The summed E-state index contributed by atoms with van der Waals surface area (Å²) in [4.78, 5) is 2.17. The molecule has 0 amide bonds. The van der Waals surface area contributed by atoms with Gasteiger partial charge in [-0.1, -0.05) is 18.1 Å². The highest BCUT2D eigenvalue weighted by Crippen LogP contribution is 2.12. The molecule has 1 atom stereocenters. The molecule has 1 aromatic heterocycles. The smallest absolute Gasteiger partial charge is 0.123 e. The SMILES string of the molecule is C#CCOC[C@@H](O)CN(CCCOC)Cc1cccn1Cc1cccc(F)c1. The Hall–Kier alpha value is -2.17. The minimum Gasteiger partial charge on any atom is -0.389 e. The van der Waals surface area contributed by atoms with Crippen molar-refractivity contribution >= 4 is 0 Å². The van der Waals surface area contributed by atoms with Crippen LogP contribution in [-0.2, 0) is 22.6 Å². The first-order valence-electron chi connectivity index (χ1n) is 9.41. The van der Waals surface area contributed by atoms with Crippen LogP contribution in [0.2, 0.25) is 0 Å². The topological polar surface area (TPSA) is 46.9 Å². The maximum absolute atomic E-state index is 13.5. The summed E-state index contributed by atoms with van der Waals surface area (Å²) in [6.45, 7) is 3.57. The highest BCUT2D eigenvalue weighted by molar-refractivity contribution is 5.18. The van der Waals surface area contributed by atoms with E-state index in [-0.39, 0.29) is 19.0 Å². The van der Waals surface area contributed by atoms with E-state index in [1.165, 1.54) is 6.07 Å². The summed E-state index contributed by atoms with van der Waals surface area (Å²) in [5, 5.41) is 10.3. The lowest BCUT2D eigenvalue weighted by Gasteiger charge is -2.25. The lowest BCUT2D eigenvalue weighted by molar-refractivity contribution is 0.0240. The maximum atomic E-state index is 13.5. The van der Waals surface area contributed by atoms with Crippen molar-refractivity contribution in [1.82, 2.24) is 9.47 Å². The number of ether oxygens (including phenoxy) is 2. The fourth-order valence-corrected chi connectivity index (χ4v) is 3.08. The van der Waals surface area contributed by atoms with Crippen molar-refractivity contribution < 1.29 is 19.0 Å². The van der Waals surface area contributed by atoms with Crippen LogP contribution in [0.25, 0.3) is 0 Å². The normalized spacial score (nSPS) is 12.2. The number of hydrogen-bond acceptors (Lipinski definition) is 4. The summed E-state index contributed by atoms with van der Waals surface area (Å²) in [6, 6.07) is 10.7. The molecule has 1 aromatic carbocycles. The molecular weight excluding hydrogens is 359 g/mol. The van der Waals surface area contributed by atoms with Crippen LogP contribution < -0.4 is 0 Å². The van der Waals surface area contributed by atoms with Gasteiger partial charge in [0.1, 0.15) is 12.4 Å². The van der Waals surface area contributed by atoms with Gasteiger partial charge >= 0.3 is 0 Å². The predicted octanol–water partition coefficient (Wildman–Crippen LogP) is 2.52. The number of benzene rings is 1. The molecule has 1 N–H and O–H groups in total. The number of halogens is 1. The van der Waals surface area contributed by atoms with E-state index in [1.807, 2.05) is 24.4 Å². The van der Waals surface area contributed by atoms with E-state index in [0.717, 1.165) is 24.2 Å². The molecule has 0 unspecified atom stereocenters. The summed E-state index contributed by atoms with van der Waals surface area (Å²) < 4.78 is 26.0. The Kier molecular flexibility index (Phi) is 9.73. The number of terminal acetylenes is 1. The largest absolute Gasteiger partial charge is 0.389 e. The van der Waals surface area contributed by atoms with E-state index in [0.29, 0.717) is 26.2 Å². The average molecular weight is 388 g/mol. The first-order valence-corrected chi connectivity index (χ1v) is 9.41. The van der Waals surface area contributed by atoms with Gasteiger partial charge < -0.3 is 19.1 Å². The van der Waals surface area contributed by atoms with E-state index in [1.54, 1.807) is 19.2 Å². The first-order chi connectivity index (χ1) is 13.6. The zero-order chi connectivity index (χ0) is 20.2. The second-order valence-corrected chi connectivity index (χ2v) is 6.71. The van der Waals surface area contributed by atoms with Gasteiger partial charge in [0.15, 0.2) is 0 Å². The molecule has 2 rings (SSSR count). The van der Waals surface area contributed by atoms with Crippen LogP contribution in [0, 0.1) is 18.2 Å². The molecule has 0 fully saturated rings. The van der Waals surface area contributed by atoms with E-state index in [2.05, 4.69) is 15.4 Å². The van der Waals surface area contributed by atoms with E-state index >= 15 is 0 Å². The lowest BCUT2D eigenvalue weighted by Crippen LogP contribution is -2.36. The monoisotopic (exact) mass is 388 g/mol. The molecule has 2 aromatic rings. The van der Waals surface area contributed by atoms with Crippen LogP contribution in [0.4, 0.5) is 4.39 Å². The number of methoxy groups -OCH3 is 1. The summed E-state index contributed by atoms with van der Waals surface area (Å²) in [7, 11) is 1.68. The Balaban J connectivity index is 2.00. The third kappa shape index (κ3) is 7.83. The predicted molar refractivity (Wildman–Crippen MR) is 107 cm³/mol. The van der Waals surface area contributed by atoms with Crippen molar-refractivity contribution in [2.45, 2.75) is 25.6 Å². The van der Waals surface area contributed by atoms with E-state index in [9.17, 15) is 9.50 Å². The van der Waals surface area contributed by atoms with Crippen LogP contribution in [0.1, 0.15) is 17.7 Å². The van der Waals surface area contributed by atoms with Gasteiger partial charge in [0.25, 0.3) is 0 Å². The second kappa shape index (κ2) is 12.3. The number of nitrogens with zero attached hydrogens (tertiary/aromatic N) is 2. The van der Waals surface area contributed by atoms with E-state index in [4.69, 9.17) is 15.9 Å². The van der Waals surface area contributed by atoms with Crippen LogP contribution >= 0.6 is 0 Å². The lowest BCUT2D eigenvalue weighted by atomic mass is 10.2. The summed E-state index contributed by atoms with van der Waals surface area (Å²) in [6.07, 6.45) is 7.39. The Morgan fingerprint density at radius 1 is 1.32 bits per heavy atom. The number of hydrogen-bond donors (Lipinski definition) is 1. The van der Waals surface area contributed by atoms with Gasteiger partial charge in [-0.3, -0.25) is 4.90 Å². The Labute approximate surface area is 166 Å². The molecule has 1 heterocycles. The third-order valence-electron chi connectivity index (χ3n) is 4.34. The van der Waals surface area contributed by atoms with Gasteiger partial charge in [-0.2, -0.15) is 0 Å². The van der Waals surface area contributed by atoms with Gasteiger partial charge in [-0.05, 0) is 36.2 Å². The number of aromatic nitrogens is 1. The molecule has 0 aliphatic heterocycles. The molecule has 28 heavy (non-hydrogen) atoms. The average Bonchev–Trinajstić information content (AvgIpc) is 3.08. The number of aliphatic hydroxyl groups is 1. The molecule has 0 bridgehead atoms. The molecule has 0 saturated carbocycles. The minimum atomic E-state index is -0.623. The van der Waals surface area contributed by atoms with Crippen LogP contribution in [0.15, 0.2) is 42.6 Å². The Bertz CT molecular complexity index is 741. The molecule has 6 heteroatoms. The van der Waals surface area contributed by atoms with Gasteiger partial charge in [0.05, 0.1) is 12.7 Å². The van der Waals surface area contributed by atoms with Crippen molar-refractivity contribution in [2.75, 3.05) is 40.0 Å². The zero-order valence-corrected chi connectivity index (χ0v) is 16.4. The first kappa shape index (κ1) is 22.1. The standard InChI is InChI=1S/C22H29FN2O3/c1-3-12-28-18-22(26)17-24(10-6-13-27-2)16-21-9-5-11-25(21)15-19-7-4-8-20(23)14-19/h1,4-5,7-9,11,14,22,26H,6,10,12-13,15-18H2,2H3/t22-/m0/s1. The van der Waals surface area contributed by atoms with Crippen LogP contribution in [0.3, 0.4) is 0 Å². The highest BCUT2D eigenvalue weighted by Gasteiger charge is 2.14. The zero-order valence-electron chi connectivity index (χ0n) is 16.4. The Morgan fingerprint density at radius 3 is 2.93 bits per heavy atom. The van der Waals surface area contributed by atoms with Crippen molar-refractivity contribution in [2.24, 2.45) is 0 Å². The summed E-state index contributed by atoms with van der Waals surface area (Å²) in [5.74, 6) is 2.16. The second-order valence-electron chi connectivity index (χ2n) is 6.71. The van der Waals surface area contributed by atoms with Gasteiger partial charge in [-0.15, -0.1) is 6.42 Å². The van der Waals surface area contributed by atoms with Gasteiger partial charge in [-0.25, -0.2) is 4.39 Å². The molecule has 0 saturated heterocycles. The van der Waals surface area contributed by atoms with Crippen LogP contribution in [0.5, 0.6) is 0 Å². The third-order valence-corrected chi connectivity index (χ3v) is 4.34. The molecular formula is C22H29FN2O3. The number of aliphatic hydroxyl groups excluding tert-OH is 1. The molecule has 0 aliphatic carbocycles. The van der Waals surface area contributed by atoms with Gasteiger partial charge in [0.2, 0.25) is 0 Å². The fourth-order valence-electron chi connectivity index (χ4n) is 3.08. The van der Waals surface area contributed by atoms with Crippen LogP contribution in [-0.4, -0.2) is 60.7 Å². The summed E-state index contributed by atoms with van der Waals surface area (Å²) in [5.41, 5.74) is 2.00. The van der Waals surface area contributed by atoms with E-state index < -0.39 is 6.10 Å². The Morgan fingerprint density at radius 2 is 2.18 bits per heavy atom. The molecule has 0 aliphatic rings. The maximum Gasteiger partial charge on any atom is 0.123 e. The van der Waals surface area contributed by atoms with Gasteiger partial charge in [0, 0.05) is 51.8 Å². The minimum absolute atomic E-state index is 0.192. The van der Waals surface area contributed by atoms with Crippen molar-refractivity contribution in [3.05, 3.63) is 59.7 Å². The quantitative estimate of drug-likeness (QED) is 0.423. The molecule has 0 radical (unpaired) electrons. The van der Waals surface area contributed by atoms with Crippen molar-refractivity contribution in [1.29, 1.82) is 0 Å². The molecule has 0 spiro atoms. The summed E-state index contributed by atoms with van der Waals surface area (Å²) >= 11 is 0. The molecule has 152 valence electrons. The van der Waals surface area contributed by atoms with Crippen molar-refractivity contribution in [3.63, 3.8) is 0 Å². The number of rotatable bonds is 13. The fraction of sp³-hybridized carbons (Fsp3) is 0.455. The molecule has 5 nitrogen and oxygen atoms in total.